The zero-order valence-corrected chi connectivity index (χ0v) is 24.3. The average molecular weight is 600 g/mol. The number of carbonyl (C=O) groups excluding carboxylic acids is 1. The predicted molar refractivity (Wildman–Crippen MR) is 148 cm³/mol. The van der Waals surface area contributed by atoms with Gasteiger partial charge in [-0.15, -0.1) is 0 Å². The maximum atomic E-state index is 12.0. The van der Waals surface area contributed by atoms with Crippen LogP contribution in [0.1, 0.15) is 38.5 Å². The molecule has 12 nitrogen and oxygen atoms in total. The van der Waals surface area contributed by atoms with E-state index >= 15 is 0 Å². The lowest BCUT2D eigenvalue weighted by Crippen LogP contribution is -2.64. The van der Waals surface area contributed by atoms with Crippen molar-refractivity contribution in [2.24, 2.45) is 5.92 Å². The Morgan fingerprint density at radius 1 is 0.846 bits per heavy atom. The fourth-order valence-electron chi connectivity index (χ4n) is 3.97. The molecular formula is C25H47N2O10S2+. The number of nitrogens with one attached hydrogen (secondary N) is 1. The number of aliphatic hydroxyl groups excluding tert-OH is 4. The van der Waals surface area contributed by atoms with Crippen molar-refractivity contribution in [1.29, 1.82) is 0 Å². The Balaban J connectivity index is 1.28. The summed E-state index contributed by atoms with van der Waals surface area (Å²) in [5, 5.41) is 47.4. The highest BCUT2D eigenvalue weighted by molar-refractivity contribution is 8.76. The Hall–Kier alpha value is -0.520. The molecular weight excluding hydrogens is 552 g/mol. The lowest BCUT2D eigenvalue weighted by Gasteiger charge is -2.40. The van der Waals surface area contributed by atoms with Gasteiger partial charge in [0.15, 0.2) is 12.0 Å². The molecule has 0 bridgehead atoms. The van der Waals surface area contributed by atoms with Gasteiger partial charge in [0, 0.05) is 30.3 Å². The number of amides is 1. The van der Waals surface area contributed by atoms with Crippen molar-refractivity contribution in [3.05, 3.63) is 0 Å². The van der Waals surface area contributed by atoms with Crippen molar-refractivity contribution >= 4 is 33.2 Å². The van der Waals surface area contributed by atoms with Gasteiger partial charge in [0.2, 0.25) is 5.91 Å². The highest BCUT2D eigenvalue weighted by Crippen LogP contribution is 2.28. The Labute approximate surface area is 238 Å². The van der Waals surface area contributed by atoms with Crippen molar-refractivity contribution in [3.63, 3.8) is 0 Å². The summed E-state index contributed by atoms with van der Waals surface area (Å²) in [5.74, 6) is 2.27. The number of hydrogen-bond acceptors (Lipinski definition) is 12. The van der Waals surface area contributed by atoms with Crippen molar-refractivity contribution in [2.75, 3.05) is 71.0 Å². The Morgan fingerprint density at radius 2 is 1.44 bits per heavy atom. The maximum absolute atomic E-state index is 12.0. The second kappa shape index (κ2) is 21.2. The van der Waals surface area contributed by atoms with Crippen LogP contribution in [-0.2, 0) is 28.5 Å². The Kier molecular flexibility index (Phi) is 18.9. The first-order chi connectivity index (χ1) is 18.9. The fourth-order valence-corrected chi connectivity index (χ4v) is 5.92. The van der Waals surface area contributed by atoms with E-state index in [0.29, 0.717) is 52.2 Å². The Morgan fingerprint density at radius 3 is 2.03 bits per heavy atom. The van der Waals surface area contributed by atoms with E-state index < -0.39 is 43.2 Å². The van der Waals surface area contributed by atoms with Gasteiger partial charge in [-0.25, -0.2) is 0 Å². The van der Waals surface area contributed by atoms with Gasteiger partial charge >= 0.3 is 0 Å². The van der Waals surface area contributed by atoms with Crippen LogP contribution in [0.25, 0.3) is 0 Å². The van der Waals surface area contributed by atoms with Crippen LogP contribution in [0, 0.1) is 5.92 Å². The minimum atomic E-state index is -1.55. The van der Waals surface area contributed by atoms with Crippen molar-refractivity contribution < 1.29 is 54.3 Å². The summed E-state index contributed by atoms with van der Waals surface area (Å²) in [5.41, 5.74) is 1.20. The van der Waals surface area contributed by atoms with Crippen molar-refractivity contribution in [3.8, 4) is 0 Å². The van der Waals surface area contributed by atoms with E-state index in [9.17, 15) is 20.1 Å². The van der Waals surface area contributed by atoms with Gasteiger partial charge in [0.1, 0.15) is 24.4 Å². The molecule has 0 radical (unpaired) electrons. The highest BCUT2D eigenvalue weighted by atomic mass is 33.1. The normalized spacial score (nSPS) is 25.4. The Bertz CT molecular complexity index is 677. The van der Waals surface area contributed by atoms with Crippen LogP contribution in [0.3, 0.4) is 0 Å². The molecule has 2 rings (SSSR count). The molecule has 0 spiro atoms. The SMILES string of the molecule is [NH2+]=C(CCCSSCCOCCOCCOCCOCCC(=O)NC1C(O)OC(CO)C(O)C1O)C1CCC1. The van der Waals surface area contributed by atoms with Gasteiger partial charge in [0.05, 0.1) is 59.5 Å². The largest absolute Gasteiger partial charge is 0.394 e. The van der Waals surface area contributed by atoms with Crippen LogP contribution in [-0.4, -0.2) is 134 Å². The molecule has 39 heavy (non-hydrogen) atoms. The third kappa shape index (κ3) is 14.3. The molecule has 228 valence electrons. The lowest BCUT2D eigenvalue weighted by atomic mass is 9.80. The van der Waals surface area contributed by atoms with Crippen LogP contribution >= 0.6 is 21.6 Å². The molecule has 0 aromatic heterocycles. The first-order valence-electron chi connectivity index (χ1n) is 13.7. The summed E-state index contributed by atoms with van der Waals surface area (Å²) in [6.45, 7) is 2.84. The van der Waals surface area contributed by atoms with Crippen LogP contribution in [0.5, 0.6) is 0 Å². The molecule has 1 amide bonds. The number of aliphatic hydroxyl groups is 4. The van der Waals surface area contributed by atoms with Crippen molar-refractivity contribution in [1.82, 2.24) is 5.32 Å². The number of rotatable bonds is 23. The number of nitrogens with two attached hydrogens (primary N) is 1. The number of hydrogen-bond donors (Lipinski definition) is 6. The molecule has 1 saturated carbocycles. The molecule has 5 atom stereocenters. The van der Waals surface area contributed by atoms with Gasteiger partial charge in [-0.2, -0.15) is 0 Å². The molecule has 2 fully saturated rings. The minimum absolute atomic E-state index is 0.00991. The van der Waals surface area contributed by atoms with Crippen LogP contribution in [0.2, 0.25) is 0 Å². The molecule has 7 N–H and O–H groups in total. The van der Waals surface area contributed by atoms with Gasteiger partial charge in [-0.05, 0) is 19.3 Å². The fraction of sp³-hybridized carbons (Fsp3) is 0.920. The van der Waals surface area contributed by atoms with Crippen LogP contribution < -0.4 is 10.7 Å². The third-order valence-electron chi connectivity index (χ3n) is 6.53. The van der Waals surface area contributed by atoms with E-state index in [0.717, 1.165) is 24.3 Å². The molecule has 1 aliphatic heterocycles. The van der Waals surface area contributed by atoms with E-state index in [1.54, 1.807) is 0 Å². The molecule has 14 heteroatoms. The van der Waals surface area contributed by atoms with Gasteiger partial charge in [-0.3, -0.25) is 10.2 Å². The monoisotopic (exact) mass is 599 g/mol. The zero-order chi connectivity index (χ0) is 28.3. The van der Waals surface area contributed by atoms with E-state index in [4.69, 9.17) is 34.2 Å². The summed E-state index contributed by atoms with van der Waals surface area (Å²) in [7, 11) is 3.71. The van der Waals surface area contributed by atoms with Gasteiger partial charge in [0.25, 0.3) is 0 Å². The molecule has 0 aromatic carbocycles. The first-order valence-corrected chi connectivity index (χ1v) is 16.2. The summed E-state index contributed by atoms with van der Waals surface area (Å²) < 4.78 is 26.8. The second-order valence-corrected chi connectivity index (χ2v) is 12.2. The molecule has 5 unspecified atom stereocenters. The minimum Gasteiger partial charge on any atom is -0.394 e. The smallest absolute Gasteiger partial charge is 0.222 e. The van der Waals surface area contributed by atoms with Crippen molar-refractivity contribution in [2.45, 2.75) is 69.2 Å². The predicted octanol–water partition coefficient (Wildman–Crippen LogP) is -1.48. The molecule has 2 aliphatic rings. The summed E-state index contributed by atoms with van der Waals surface area (Å²) in [6, 6.07) is -1.21. The second-order valence-electron chi connectivity index (χ2n) is 9.47. The summed E-state index contributed by atoms with van der Waals surface area (Å²) in [6.07, 6.45) is 0.518. The van der Waals surface area contributed by atoms with E-state index in [1.165, 1.54) is 25.0 Å². The summed E-state index contributed by atoms with van der Waals surface area (Å²) in [4.78, 5) is 12.0. The van der Waals surface area contributed by atoms with Crippen LogP contribution in [0.15, 0.2) is 0 Å². The highest BCUT2D eigenvalue weighted by Gasteiger charge is 2.44. The van der Waals surface area contributed by atoms with E-state index in [1.807, 2.05) is 21.6 Å². The summed E-state index contributed by atoms with van der Waals surface area (Å²) >= 11 is 0. The maximum Gasteiger partial charge on any atom is 0.222 e. The molecule has 1 aliphatic carbocycles. The lowest BCUT2D eigenvalue weighted by molar-refractivity contribution is -0.253. The molecule has 0 aromatic rings. The standard InChI is InChI=1S/C25H46N2O10S2/c26-19(18-3-1-4-18)5-2-15-38-39-16-14-36-13-12-35-11-10-34-9-8-33-7-6-21(29)27-22-24(31)23(30)20(17-28)37-25(22)32/h18,20,22-26,28,30-32H,1-17H2,(H,27,29)/p+1. The quantitative estimate of drug-likeness (QED) is 0.0456. The molecule has 1 saturated heterocycles. The van der Waals surface area contributed by atoms with Gasteiger partial charge < -0.3 is 49.4 Å². The van der Waals surface area contributed by atoms with E-state index in [-0.39, 0.29) is 13.0 Å². The van der Waals surface area contributed by atoms with Crippen LogP contribution in [0.4, 0.5) is 0 Å². The first kappa shape index (κ1) is 34.7. The topological polar surface area (TPSA) is 182 Å². The third-order valence-corrected chi connectivity index (χ3v) is 8.99. The van der Waals surface area contributed by atoms with Gasteiger partial charge in [-0.1, -0.05) is 28.0 Å². The number of carbonyl (C=O) groups is 1. The average Bonchev–Trinajstić information content (AvgIpc) is 2.89. The van der Waals surface area contributed by atoms with E-state index in [2.05, 4.69) is 5.32 Å². The number of ether oxygens (including phenoxy) is 5. The molecule has 1 heterocycles. The zero-order valence-electron chi connectivity index (χ0n) is 22.6.